The molecule has 2 rings (SSSR count). The van der Waals surface area contributed by atoms with E-state index in [1.807, 2.05) is 42.3 Å². The predicted octanol–water partition coefficient (Wildman–Crippen LogP) is 1.77. The Labute approximate surface area is 148 Å². The van der Waals surface area contributed by atoms with Crippen LogP contribution in [0, 0.1) is 6.92 Å². The molecule has 2 aromatic rings. The second-order valence-corrected chi connectivity index (χ2v) is 7.58. The molecule has 134 valence electrons. The lowest BCUT2D eigenvalue weighted by Crippen LogP contribution is -2.33. The number of aryl methyl sites for hydroxylation is 1. The summed E-state index contributed by atoms with van der Waals surface area (Å²) >= 11 is 0. The molecule has 0 aromatic heterocycles. The summed E-state index contributed by atoms with van der Waals surface area (Å²) in [6.45, 7) is 2.87. The van der Waals surface area contributed by atoms with E-state index in [1.54, 1.807) is 13.0 Å². The van der Waals surface area contributed by atoms with Crippen molar-refractivity contribution in [3.8, 4) is 0 Å². The Morgan fingerprint density at radius 3 is 2.44 bits per heavy atom. The van der Waals surface area contributed by atoms with Gasteiger partial charge < -0.3 is 10.2 Å². The van der Waals surface area contributed by atoms with Gasteiger partial charge >= 0.3 is 0 Å². The number of anilines is 1. The van der Waals surface area contributed by atoms with Gasteiger partial charge in [0.2, 0.25) is 10.0 Å². The molecule has 0 atom stereocenters. The number of amides is 1. The lowest BCUT2D eigenvalue weighted by atomic mass is 10.1. The van der Waals surface area contributed by atoms with Gasteiger partial charge in [-0.15, -0.1) is 0 Å². The minimum atomic E-state index is -3.58. The van der Waals surface area contributed by atoms with Crippen LogP contribution in [0.3, 0.4) is 0 Å². The van der Waals surface area contributed by atoms with Gasteiger partial charge in [0.05, 0.1) is 4.90 Å². The number of para-hydroxylation sites is 1. The minimum Gasteiger partial charge on any atom is -0.373 e. The third-order valence-corrected chi connectivity index (χ3v) is 5.37. The van der Waals surface area contributed by atoms with E-state index in [4.69, 9.17) is 0 Å². The SMILES string of the molecule is CNS(=O)(=O)c1ccc(C)c(C(=O)NCCN(C)c2ccccc2)c1. The van der Waals surface area contributed by atoms with Gasteiger partial charge in [-0.1, -0.05) is 24.3 Å². The third-order valence-electron chi connectivity index (χ3n) is 3.96. The van der Waals surface area contributed by atoms with E-state index in [2.05, 4.69) is 10.0 Å². The van der Waals surface area contributed by atoms with Crippen LogP contribution in [0.1, 0.15) is 15.9 Å². The normalized spacial score (nSPS) is 11.2. The highest BCUT2D eigenvalue weighted by Crippen LogP contribution is 2.15. The summed E-state index contributed by atoms with van der Waals surface area (Å²) in [5.41, 5.74) is 2.15. The van der Waals surface area contributed by atoms with Gasteiger partial charge in [0.1, 0.15) is 0 Å². The number of carbonyl (C=O) groups is 1. The summed E-state index contributed by atoms with van der Waals surface area (Å²) in [5, 5.41) is 2.84. The molecule has 0 aliphatic heterocycles. The fourth-order valence-electron chi connectivity index (χ4n) is 2.37. The first-order valence-corrected chi connectivity index (χ1v) is 9.42. The maximum atomic E-state index is 12.4. The number of sulfonamides is 1. The summed E-state index contributed by atoms with van der Waals surface area (Å²) < 4.78 is 26.0. The van der Waals surface area contributed by atoms with Gasteiger partial charge in [-0.2, -0.15) is 0 Å². The van der Waals surface area contributed by atoms with Gasteiger partial charge in [-0.25, -0.2) is 13.1 Å². The predicted molar refractivity (Wildman–Crippen MR) is 99.5 cm³/mol. The summed E-state index contributed by atoms with van der Waals surface area (Å²) in [4.78, 5) is 14.5. The van der Waals surface area contributed by atoms with Crippen LogP contribution in [0.4, 0.5) is 5.69 Å². The molecular weight excluding hydrogens is 338 g/mol. The maximum Gasteiger partial charge on any atom is 0.251 e. The first-order chi connectivity index (χ1) is 11.8. The Morgan fingerprint density at radius 2 is 1.80 bits per heavy atom. The minimum absolute atomic E-state index is 0.0761. The van der Waals surface area contributed by atoms with Crippen molar-refractivity contribution in [2.24, 2.45) is 0 Å². The van der Waals surface area contributed by atoms with Crippen molar-refractivity contribution in [1.82, 2.24) is 10.0 Å². The summed E-state index contributed by atoms with van der Waals surface area (Å²) in [7, 11) is -0.286. The Kier molecular flexibility index (Phi) is 6.17. The van der Waals surface area contributed by atoms with Crippen molar-refractivity contribution in [3.05, 3.63) is 59.7 Å². The van der Waals surface area contributed by atoms with E-state index in [-0.39, 0.29) is 10.8 Å². The Bertz CT molecular complexity index is 836. The number of rotatable bonds is 7. The molecule has 0 heterocycles. The molecule has 1 amide bonds. The van der Waals surface area contributed by atoms with Crippen LogP contribution in [-0.2, 0) is 10.0 Å². The van der Waals surface area contributed by atoms with E-state index in [1.165, 1.54) is 19.2 Å². The smallest absolute Gasteiger partial charge is 0.251 e. The quantitative estimate of drug-likeness (QED) is 0.788. The second kappa shape index (κ2) is 8.13. The van der Waals surface area contributed by atoms with E-state index >= 15 is 0 Å². The Hall–Kier alpha value is -2.38. The van der Waals surface area contributed by atoms with Crippen molar-refractivity contribution in [2.45, 2.75) is 11.8 Å². The largest absolute Gasteiger partial charge is 0.373 e. The van der Waals surface area contributed by atoms with Crippen molar-refractivity contribution < 1.29 is 13.2 Å². The number of nitrogens with one attached hydrogen (secondary N) is 2. The second-order valence-electron chi connectivity index (χ2n) is 5.70. The molecule has 0 aliphatic carbocycles. The molecule has 0 radical (unpaired) electrons. The maximum absolute atomic E-state index is 12.4. The zero-order valence-corrected chi connectivity index (χ0v) is 15.4. The molecule has 0 saturated carbocycles. The lowest BCUT2D eigenvalue weighted by molar-refractivity contribution is 0.0954. The number of benzene rings is 2. The Balaban J connectivity index is 2.02. The molecule has 0 bridgehead atoms. The van der Waals surface area contributed by atoms with E-state index in [0.29, 0.717) is 18.7 Å². The number of likely N-dealkylation sites (N-methyl/N-ethyl adjacent to an activating group) is 1. The fraction of sp³-hybridized carbons (Fsp3) is 0.278. The highest BCUT2D eigenvalue weighted by molar-refractivity contribution is 7.89. The van der Waals surface area contributed by atoms with Crippen LogP contribution in [0.25, 0.3) is 0 Å². The molecule has 2 aromatic carbocycles. The fourth-order valence-corrected chi connectivity index (χ4v) is 3.13. The average molecular weight is 361 g/mol. The molecule has 25 heavy (non-hydrogen) atoms. The highest BCUT2D eigenvalue weighted by atomic mass is 32.2. The van der Waals surface area contributed by atoms with Gasteiger partial charge in [0, 0.05) is 31.4 Å². The number of hydrogen-bond acceptors (Lipinski definition) is 4. The summed E-state index contributed by atoms with van der Waals surface area (Å²) in [6.07, 6.45) is 0. The van der Waals surface area contributed by atoms with E-state index in [9.17, 15) is 13.2 Å². The summed E-state index contributed by atoms with van der Waals surface area (Å²) in [5.74, 6) is -0.285. The van der Waals surface area contributed by atoms with Gasteiger partial charge in [0.25, 0.3) is 5.91 Å². The first-order valence-electron chi connectivity index (χ1n) is 7.94. The van der Waals surface area contributed by atoms with Crippen LogP contribution in [-0.4, -0.2) is 41.5 Å². The van der Waals surface area contributed by atoms with E-state index < -0.39 is 10.0 Å². The van der Waals surface area contributed by atoms with Crippen LogP contribution < -0.4 is 14.9 Å². The van der Waals surface area contributed by atoms with Crippen LogP contribution >= 0.6 is 0 Å². The molecule has 2 N–H and O–H groups in total. The molecule has 0 unspecified atom stereocenters. The molecule has 0 spiro atoms. The third kappa shape index (κ3) is 4.80. The lowest BCUT2D eigenvalue weighted by Gasteiger charge is -2.19. The number of nitrogens with zero attached hydrogens (tertiary/aromatic N) is 1. The van der Waals surface area contributed by atoms with Crippen LogP contribution in [0.15, 0.2) is 53.4 Å². The van der Waals surface area contributed by atoms with Gasteiger partial charge in [-0.05, 0) is 43.8 Å². The van der Waals surface area contributed by atoms with Gasteiger partial charge in [0.15, 0.2) is 0 Å². The standard InChI is InChI=1S/C18H23N3O3S/c1-14-9-10-16(25(23,24)19-2)13-17(14)18(22)20-11-12-21(3)15-7-5-4-6-8-15/h4-10,13,19H,11-12H2,1-3H3,(H,20,22). The highest BCUT2D eigenvalue weighted by Gasteiger charge is 2.16. The van der Waals surface area contributed by atoms with Crippen LogP contribution in [0.5, 0.6) is 0 Å². The number of hydrogen-bond donors (Lipinski definition) is 2. The summed E-state index contributed by atoms with van der Waals surface area (Å²) in [6, 6.07) is 14.4. The zero-order chi connectivity index (χ0) is 18.4. The van der Waals surface area contributed by atoms with Crippen molar-refractivity contribution in [1.29, 1.82) is 0 Å². The van der Waals surface area contributed by atoms with E-state index in [0.717, 1.165) is 11.3 Å². The molecular formula is C18H23N3O3S. The molecule has 0 fully saturated rings. The van der Waals surface area contributed by atoms with Crippen molar-refractivity contribution >= 4 is 21.6 Å². The average Bonchev–Trinajstić information content (AvgIpc) is 2.62. The van der Waals surface area contributed by atoms with Crippen molar-refractivity contribution in [2.75, 3.05) is 32.1 Å². The van der Waals surface area contributed by atoms with Crippen LogP contribution in [0.2, 0.25) is 0 Å². The topological polar surface area (TPSA) is 78.5 Å². The molecule has 0 saturated heterocycles. The Morgan fingerprint density at radius 1 is 1.12 bits per heavy atom. The molecule has 0 aliphatic rings. The monoisotopic (exact) mass is 361 g/mol. The number of carbonyl (C=O) groups excluding carboxylic acids is 1. The molecule has 7 heteroatoms. The van der Waals surface area contributed by atoms with Crippen molar-refractivity contribution in [3.63, 3.8) is 0 Å². The first kappa shape index (κ1) is 19.0. The zero-order valence-electron chi connectivity index (χ0n) is 14.6. The van der Waals surface area contributed by atoms with Gasteiger partial charge in [-0.3, -0.25) is 4.79 Å². The molecule has 6 nitrogen and oxygen atoms in total.